The van der Waals surface area contributed by atoms with Gasteiger partial charge in [-0.1, -0.05) is 17.7 Å². The van der Waals surface area contributed by atoms with E-state index in [0.717, 1.165) is 5.52 Å². The number of aryl methyl sites for hydroxylation is 1. The summed E-state index contributed by atoms with van der Waals surface area (Å²) in [5, 5.41) is 0.448. The molecule has 4 rings (SSSR count). The molecule has 0 N–H and O–H groups in total. The first-order chi connectivity index (χ1) is 13.8. The number of halogens is 1. The molecule has 0 radical (unpaired) electrons. The Kier molecular flexibility index (Phi) is 5.27. The summed E-state index contributed by atoms with van der Waals surface area (Å²) in [7, 11) is -1.84. The summed E-state index contributed by atoms with van der Waals surface area (Å²) >= 11 is 6.11. The zero-order valence-corrected chi connectivity index (χ0v) is 17.9. The maximum atomic E-state index is 13.1. The molecule has 1 fully saturated rings. The first-order valence-electron chi connectivity index (χ1n) is 9.56. The van der Waals surface area contributed by atoms with Crippen molar-refractivity contribution in [2.75, 3.05) is 13.1 Å². The number of nitrogens with zero attached hydrogens (tertiary/aromatic N) is 4. The van der Waals surface area contributed by atoms with Gasteiger partial charge in [0.25, 0.3) is 0 Å². The van der Waals surface area contributed by atoms with E-state index in [1.807, 2.05) is 12.1 Å². The normalized spacial score (nSPS) is 16.5. The number of fused-ring (bicyclic) bond motifs is 1. The van der Waals surface area contributed by atoms with E-state index in [2.05, 4.69) is 4.98 Å². The number of pyridine rings is 1. The molecule has 154 valence electrons. The zero-order chi connectivity index (χ0) is 20.8. The van der Waals surface area contributed by atoms with Crippen molar-refractivity contribution in [3.05, 3.63) is 57.6 Å². The molecule has 2 aromatic heterocycles. The lowest BCUT2D eigenvalue weighted by atomic mass is 9.98. The predicted octanol–water partition coefficient (Wildman–Crippen LogP) is 2.80. The summed E-state index contributed by atoms with van der Waals surface area (Å²) in [4.78, 5) is 17.2. The lowest BCUT2D eigenvalue weighted by Gasteiger charge is -2.31. The fraction of sp³-hybridized carbons (Fsp3) is 0.400. The molecule has 1 aliphatic rings. The average molecular weight is 435 g/mol. The highest BCUT2D eigenvalue weighted by Gasteiger charge is 2.31. The van der Waals surface area contributed by atoms with Crippen LogP contribution in [0.4, 0.5) is 0 Å². The van der Waals surface area contributed by atoms with Crippen LogP contribution in [0.1, 0.15) is 18.4 Å². The standard InChI is InChI=1S/C20H23ClN4O3S/c1-14-16(21)5-3-7-18(14)29(27,28)24-11-8-15(9-12-24)13-25-19-17(6-4-10-22-19)23(2)20(25)26/h3-7,10,15H,8-9,11-13H2,1-2H3. The van der Waals surface area contributed by atoms with Gasteiger partial charge in [-0.3, -0.25) is 9.13 Å². The minimum atomic E-state index is -3.59. The summed E-state index contributed by atoms with van der Waals surface area (Å²) in [5.74, 6) is 0.215. The Bertz CT molecular complexity index is 1220. The third-order valence-electron chi connectivity index (χ3n) is 5.75. The maximum Gasteiger partial charge on any atom is 0.330 e. The quantitative estimate of drug-likeness (QED) is 0.632. The number of benzene rings is 1. The maximum absolute atomic E-state index is 13.1. The Morgan fingerprint density at radius 3 is 2.62 bits per heavy atom. The van der Waals surface area contributed by atoms with Crippen molar-refractivity contribution in [1.82, 2.24) is 18.4 Å². The number of imidazole rings is 1. The highest BCUT2D eigenvalue weighted by atomic mass is 35.5. The molecule has 3 aromatic rings. The van der Waals surface area contributed by atoms with Crippen LogP contribution in [0.2, 0.25) is 5.02 Å². The van der Waals surface area contributed by atoms with E-state index in [0.29, 0.717) is 48.7 Å². The smallest absolute Gasteiger partial charge is 0.293 e. The van der Waals surface area contributed by atoms with Gasteiger partial charge in [-0.2, -0.15) is 4.31 Å². The number of aromatic nitrogens is 3. The molecule has 1 aromatic carbocycles. The molecule has 0 saturated carbocycles. The van der Waals surface area contributed by atoms with Gasteiger partial charge >= 0.3 is 5.69 Å². The molecular formula is C20H23ClN4O3S. The van der Waals surface area contributed by atoms with Crippen molar-refractivity contribution in [2.45, 2.75) is 31.2 Å². The van der Waals surface area contributed by atoms with Crippen LogP contribution in [0.3, 0.4) is 0 Å². The molecular weight excluding hydrogens is 412 g/mol. The van der Waals surface area contributed by atoms with Crippen LogP contribution < -0.4 is 5.69 Å². The summed E-state index contributed by atoms with van der Waals surface area (Å²) in [6.07, 6.45) is 3.06. The van der Waals surface area contributed by atoms with E-state index in [-0.39, 0.29) is 16.5 Å². The Hall–Kier alpha value is -2.16. The molecule has 0 amide bonds. The molecule has 9 heteroatoms. The van der Waals surface area contributed by atoms with Crippen molar-refractivity contribution in [1.29, 1.82) is 0 Å². The van der Waals surface area contributed by atoms with Gasteiger partial charge in [0.2, 0.25) is 10.0 Å². The number of hydrogen-bond donors (Lipinski definition) is 0. The lowest BCUT2D eigenvalue weighted by Crippen LogP contribution is -2.40. The molecule has 1 aliphatic heterocycles. The van der Waals surface area contributed by atoms with Gasteiger partial charge in [0.05, 0.1) is 10.4 Å². The van der Waals surface area contributed by atoms with Gasteiger partial charge in [-0.25, -0.2) is 18.2 Å². The summed E-state index contributed by atoms with van der Waals surface area (Å²) in [5.41, 5.74) is 1.95. The molecule has 3 heterocycles. The van der Waals surface area contributed by atoms with Gasteiger partial charge in [-0.15, -0.1) is 0 Å². The molecule has 7 nitrogen and oxygen atoms in total. The Labute approximate surface area is 174 Å². The summed E-state index contributed by atoms with van der Waals surface area (Å²) in [6, 6.07) is 8.65. The molecule has 1 saturated heterocycles. The van der Waals surface area contributed by atoms with Gasteiger partial charge in [0.15, 0.2) is 5.65 Å². The molecule has 0 atom stereocenters. The van der Waals surface area contributed by atoms with Crippen LogP contribution in [0.5, 0.6) is 0 Å². The van der Waals surface area contributed by atoms with Crippen molar-refractivity contribution in [3.63, 3.8) is 0 Å². The summed E-state index contributed by atoms with van der Waals surface area (Å²) in [6.45, 7) is 3.11. The van der Waals surface area contributed by atoms with E-state index in [9.17, 15) is 13.2 Å². The van der Waals surface area contributed by atoms with Crippen LogP contribution in [0.15, 0.2) is 46.2 Å². The van der Waals surface area contributed by atoms with Crippen molar-refractivity contribution in [3.8, 4) is 0 Å². The molecule has 0 unspecified atom stereocenters. The predicted molar refractivity (Wildman–Crippen MR) is 113 cm³/mol. The second-order valence-corrected chi connectivity index (χ2v) is 9.82. The third-order valence-corrected chi connectivity index (χ3v) is 8.20. The van der Waals surface area contributed by atoms with E-state index >= 15 is 0 Å². The van der Waals surface area contributed by atoms with E-state index in [1.54, 1.807) is 47.5 Å². The van der Waals surface area contributed by atoms with Gasteiger partial charge < -0.3 is 0 Å². The van der Waals surface area contributed by atoms with Crippen molar-refractivity contribution in [2.24, 2.45) is 13.0 Å². The SMILES string of the molecule is Cc1c(Cl)cccc1S(=O)(=O)N1CCC(Cn2c(=O)n(C)c3cccnc32)CC1. The first-order valence-corrected chi connectivity index (χ1v) is 11.4. The van der Waals surface area contributed by atoms with Crippen molar-refractivity contribution < 1.29 is 8.42 Å². The molecule has 0 spiro atoms. The molecule has 29 heavy (non-hydrogen) atoms. The second kappa shape index (κ2) is 7.59. The zero-order valence-electron chi connectivity index (χ0n) is 16.4. The molecule has 0 bridgehead atoms. The monoisotopic (exact) mass is 434 g/mol. The fourth-order valence-electron chi connectivity index (χ4n) is 3.99. The van der Waals surface area contributed by atoms with Crippen LogP contribution in [0, 0.1) is 12.8 Å². The van der Waals surface area contributed by atoms with E-state index in [1.165, 1.54) is 4.31 Å². The molecule has 0 aliphatic carbocycles. The second-order valence-electron chi connectivity index (χ2n) is 7.51. The van der Waals surface area contributed by atoms with E-state index < -0.39 is 10.0 Å². The minimum absolute atomic E-state index is 0.0942. The first kappa shape index (κ1) is 20.1. The van der Waals surface area contributed by atoms with Crippen molar-refractivity contribution >= 4 is 32.8 Å². The number of piperidine rings is 1. The van der Waals surface area contributed by atoms with Crippen LogP contribution >= 0.6 is 11.6 Å². The third kappa shape index (κ3) is 3.49. The van der Waals surface area contributed by atoms with Gasteiger partial charge in [-0.05, 0) is 55.5 Å². The summed E-state index contributed by atoms with van der Waals surface area (Å²) < 4.78 is 30.9. The van der Waals surface area contributed by atoms with E-state index in [4.69, 9.17) is 11.6 Å². The highest BCUT2D eigenvalue weighted by Crippen LogP contribution is 2.29. The lowest BCUT2D eigenvalue weighted by molar-refractivity contribution is 0.252. The minimum Gasteiger partial charge on any atom is -0.293 e. The number of hydrogen-bond acceptors (Lipinski definition) is 4. The number of sulfonamides is 1. The largest absolute Gasteiger partial charge is 0.330 e. The van der Waals surface area contributed by atoms with Crippen LogP contribution in [-0.4, -0.2) is 39.9 Å². The van der Waals surface area contributed by atoms with Crippen LogP contribution in [-0.2, 0) is 23.6 Å². The Morgan fingerprint density at radius 1 is 1.17 bits per heavy atom. The average Bonchev–Trinajstić information content (AvgIpc) is 2.95. The Balaban J connectivity index is 1.51. The van der Waals surface area contributed by atoms with Gasteiger partial charge in [0, 0.05) is 37.9 Å². The number of rotatable bonds is 4. The highest BCUT2D eigenvalue weighted by molar-refractivity contribution is 7.89. The fourth-order valence-corrected chi connectivity index (χ4v) is 5.94. The topological polar surface area (TPSA) is 77.2 Å². The van der Waals surface area contributed by atoms with Gasteiger partial charge in [0.1, 0.15) is 0 Å². The van der Waals surface area contributed by atoms with Crippen LogP contribution in [0.25, 0.3) is 11.2 Å². The Morgan fingerprint density at radius 2 is 1.90 bits per heavy atom.